The van der Waals surface area contributed by atoms with Gasteiger partial charge in [0.05, 0.1) is 6.04 Å². The minimum Gasteiger partial charge on any atom is -0.367 e. The smallest absolute Gasteiger partial charge is 0.0565 e. The minimum absolute atomic E-state index is 0.00968. The van der Waals surface area contributed by atoms with Gasteiger partial charge in [-0.05, 0) is 40.1 Å². The summed E-state index contributed by atoms with van der Waals surface area (Å²) in [6, 6.07) is 22.3. The zero-order valence-electron chi connectivity index (χ0n) is 20.6. The molecule has 0 spiro atoms. The molecule has 2 heteroatoms. The summed E-state index contributed by atoms with van der Waals surface area (Å²) < 4.78 is 0. The van der Waals surface area contributed by atoms with Crippen molar-refractivity contribution in [1.82, 2.24) is 0 Å². The second-order valence-electron chi connectivity index (χ2n) is 10.5. The molecule has 0 bridgehead atoms. The van der Waals surface area contributed by atoms with Crippen LogP contribution in [0.15, 0.2) is 96.7 Å². The van der Waals surface area contributed by atoms with Crippen molar-refractivity contribution >= 4 is 22.1 Å². The Bertz CT molecular complexity index is 1310. The molecule has 0 amide bonds. The van der Waals surface area contributed by atoms with E-state index < -0.39 is 0 Å². The topological polar surface area (TPSA) is 6.48 Å². The monoisotopic (exact) mass is 434 g/mol. The number of para-hydroxylation sites is 1. The molecule has 0 aromatic heterocycles. The fourth-order valence-corrected chi connectivity index (χ4v) is 6.06. The molecular formula is C31H34N2. The molecule has 2 aliphatic heterocycles. The normalized spacial score (nSPS) is 22.1. The Balaban J connectivity index is 1.40. The van der Waals surface area contributed by atoms with Crippen LogP contribution in [0.1, 0.15) is 38.8 Å². The Labute approximate surface area is 198 Å². The number of nitrogens with zero attached hydrogens (tertiary/aromatic N) is 2. The number of benzene rings is 3. The van der Waals surface area contributed by atoms with Crippen LogP contribution in [-0.4, -0.2) is 20.1 Å². The van der Waals surface area contributed by atoms with Gasteiger partial charge < -0.3 is 9.80 Å². The molecule has 5 rings (SSSR count). The van der Waals surface area contributed by atoms with Gasteiger partial charge in [0.25, 0.3) is 0 Å². The number of likely N-dealkylation sites (N-methyl/N-ethyl adjacent to an activating group) is 2. The minimum atomic E-state index is 0.00968. The van der Waals surface area contributed by atoms with E-state index in [0.717, 1.165) is 0 Å². The highest BCUT2D eigenvalue weighted by Crippen LogP contribution is 2.48. The molecule has 2 nitrogen and oxygen atoms in total. The molecule has 0 aliphatic carbocycles. The maximum Gasteiger partial charge on any atom is 0.0565 e. The Kier molecular flexibility index (Phi) is 5.01. The molecule has 0 fully saturated rings. The fraction of sp³-hybridized carbons (Fsp3) is 0.290. The van der Waals surface area contributed by atoms with Crippen LogP contribution in [0.25, 0.3) is 10.8 Å². The third-order valence-corrected chi connectivity index (χ3v) is 7.80. The van der Waals surface area contributed by atoms with Crippen molar-refractivity contribution in [2.45, 2.75) is 44.6 Å². The van der Waals surface area contributed by atoms with E-state index in [1.54, 1.807) is 0 Å². The second-order valence-corrected chi connectivity index (χ2v) is 10.5. The third-order valence-electron chi connectivity index (χ3n) is 7.80. The van der Waals surface area contributed by atoms with Gasteiger partial charge in [0.15, 0.2) is 0 Å². The molecule has 0 saturated carbocycles. The maximum absolute atomic E-state index is 2.43. The number of hydrogen-bond donors (Lipinski definition) is 0. The fourth-order valence-electron chi connectivity index (χ4n) is 6.06. The number of anilines is 2. The highest BCUT2D eigenvalue weighted by molar-refractivity contribution is 5.93. The summed E-state index contributed by atoms with van der Waals surface area (Å²) in [5.41, 5.74) is 6.85. The molecule has 168 valence electrons. The van der Waals surface area contributed by atoms with Crippen LogP contribution in [0.2, 0.25) is 0 Å². The SMILES string of the molecule is CN1C(=CC=CC=CC2N(C)c3ccc4ccccc4c3C2(C)C)C(C)(C)c2ccccc21. The number of allylic oxidation sites excluding steroid dienone is 5. The molecule has 0 radical (unpaired) electrons. The van der Waals surface area contributed by atoms with Crippen LogP contribution in [0.4, 0.5) is 11.4 Å². The molecule has 3 aromatic rings. The quantitative estimate of drug-likeness (QED) is 0.397. The Morgan fingerprint density at radius 3 is 2.27 bits per heavy atom. The van der Waals surface area contributed by atoms with Crippen molar-refractivity contribution in [1.29, 1.82) is 0 Å². The Hall–Kier alpha value is -3.26. The summed E-state index contributed by atoms with van der Waals surface area (Å²) >= 11 is 0. The van der Waals surface area contributed by atoms with Gasteiger partial charge >= 0.3 is 0 Å². The zero-order chi connectivity index (χ0) is 23.4. The molecule has 1 unspecified atom stereocenters. The lowest BCUT2D eigenvalue weighted by molar-refractivity contribution is 0.491. The number of rotatable bonds is 3. The highest BCUT2D eigenvalue weighted by atomic mass is 15.2. The number of hydrogen-bond acceptors (Lipinski definition) is 2. The Morgan fingerprint density at radius 2 is 1.48 bits per heavy atom. The van der Waals surface area contributed by atoms with Crippen LogP contribution in [0.3, 0.4) is 0 Å². The van der Waals surface area contributed by atoms with Crippen molar-refractivity contribution in [2.24, 2.45) is 0 Å². The maximum atomic E-state index is 2.43. The first-order chi connectivity index (χ1) is 15.7. The predicted octanol–water partition coefficient (Wildman–Crippen LogP) is 7.36. The summed E-state index contributed by atoms with van der Waals surface area (Å²) in [4.78, 5) is 4.74. The van der Waals surface area contributed by atoms with E-state index in [1.807, 2.05) is 0 Å². The number of fused-ring (bicyclic) bond motifs is 4. The van der Waals surface area contributed by atoms with E-state index in [9.17, 15) is 0 Å². The highest BCUT2D eigenvalue weighted by Gasteiger charge is 2.42. The van der Waals surface area contributed by atoms with E-state index in [1.165, 1.54) is 39.0 Å². The van der Waals surface area contributed by atoms with Gasteiger partial charge in [-0.1, -0.05) is 101 Å². The molecule has 0 saturated heterocycles. The van der Waals surface area contributed by atoms with Crippen LogP contribution in [-0.2, 0) is 10.8 Å². The van der Waals surface area contributed by atoms with Crippen LogP contribution < -0.4 is 9.80 Å². The van der Waals surface area contributed by atoms with E-state index in [2.05, 4.69) is 143 Å². The largest absolute Gasteiger partial charge is 0.367 e. The summed E-state index contributed by atoms with van der Waals surface area (Å²) in [6.07, 6.45) is 11.2. The molecule has 3 aromatic carbocycles. The van der Waals surface area contributed by atoms with Gasteiger partial charge in [-0.15, -0.1) is 0 Å². The standard InChI is InChI=1S/C31H34N2/c1-30(2)24-16-12-13-17-25(24)32(5)27(30)18-8-7-9-19-28-31(3,4)29-23-15-11-10-14-22(23)20-21-26(29)33(28)6/h7-21,28H,1-6H3. The van der Waals surface area contributed by atoms with Gasteiger partial charge in [0.2, 0.25) is 0 Å². The zero-order valence-corrected chi connectivity index (χ0v) is 20.6. The van der Waals surface area contributed by atoms with Gasteiger partial charge in [-0.25, -0.2) is 0 Å². The van der Waals surface area contributed by atoms with Crippen molar-refractivity contribution < 1.29 is 0 Å². The van der Waals surface area contributed by atoms with E-state index in [0.29, 0.717) is 6.04 Å². The van der Waals surface area contributed by atoms with Crippen LogP contribution in [0, 0.1) is 0 Å². The molecule has 2 heterocycles. The van der Waals surface area contributed by atoms with E-state index >= 15 is 0 Å². The predicted molar refractivity (Wildman–Crippen MR) is 143 cm³/mol. The molecule has 0 N–H and O–H groups in total. The average Bonchev–Trinajstić information content (AvgIpc) is 3.12. The molecule has 1 atom stereocenters. The van der Waals surface area contributed by atoms with Crippen LogP contribution in [0.5, 0.6) is 0 Å². The van der Waals surface area contributed by atoms with Gasteiger partial charge in [0, 0.05) is 42.0 Å². The van der Waals surface area contributed by atoms with Gasteiger partial charge in [-0.2, -0.15) is 0 Å². The first-order valence-corrected chi connectivity index (χ1v) is 11.9. The average molecular weight is 435 g/mol. The summed E-state index contributed by atoms with van der Waals surface area (Å²) in [6.45, 7) is 9.36. The summed E-state index contributed by atoms with van der Waals surface area (Å²) in [5.74, 6) is 0. The summed E-state index contributed by atoms with van der Waals surface area (Å²) in [5, 5.41) is 2.69. The first kappa shape index (κ1) is 21.6. The lowest BCUT2D eigenvalue weighted by atomic mass is 9.78. The second kappa shape index (κ2) is 7.66. The molecular weight excluding hydrogens is 400 g/mol. The molecule has 2 aliphatic rings. The third kappa shape index (κ3) is 3.23. The van der Waals surface area contributed by atoms with Crippen LogP contribution >= 0.6 is 0 Å². The first-order valence-electron chi connectivity index (χ1n) is 11.9. The Morgan fingerprint density at radius 1 is 0.758 bits per heavy atom. The van der Waals surface area contributed by atoms with Gasteiger partial charge in [0.1, 0.15) is 0 Å². The van der Waals surface area contributed by atoms with Gasteiger partial charge in [-0.3, -0.25) is 0 Å². The van der Waals surface area contributed by atoms with Crippen molar-refractivity contribution in [3.8, 4) is 0 Å². The summed E-state index contributed by atoms with van der Waals surface area (Å²) in [7, 11) is 4.39. The van der Waals surface area contributed by atoms with Crippen molar-refractivity contribution in [3.63, 3.8) is 0 Å². The van der Waals surface area contributed by atoms with Crippen molar-refractivity contribution in [3.05, 3.63) is 108 Å². The van der Waals surface area contributed by atoms with E-state index in [4.69, 9.17) is 0 Å². The molecule has 33 heavy (non-hydrogen) atoms. The van der Waals surface area contributed by atoms with Crippen molar-refractivity contribution in [2.75, 3.05) is 23.9 Å². The van der Waals surface area contributed by atoms with E-state index in [-0.39, 0.29) is 10.8 Å². The lowest BCUT2D eigenvalue weighted by Crippen LogP contribution is -2.37. The lowest BCUT2D eigenvalue weighted by Gasteiger charge is -2.30.